The van der Waals surface area contributed by atoms with E-state index < -0.39 is 17.8 Å². The molecular weight excluding hydrogens is 418 g/mol. The number of aryl methyl sites for hydroxylation is 1. The number of hydrazone groups is 1. The van der Waals surface area contributed by atoms with Crippen LogP contribution in [-0.2, 0) is 9.59 Å². The summed E-state index contributed by atoms with van der Waals surface area (Å²) in [6.45, 7) is 1.93. The number of benzene rings is 3. The first-order valence-corrected chi connectivity index (χ1v) is 9.58. The molecule has 7 nitrogen and oxygen atoms in total. The second-order valence-electron chi connectivity index (χ2n) is 6.46. The minimum absolute atomic E-state index is 0.315. The Morgan fingerprint density at radius 3 is 2.26 bits per heavy atom. The third kappa shape index (κ3) is 6.25. The van der Waals surface area contributed by atoms with Crippen molar-refractivity contribution in [2.45, 2.75) is 6.92 Å². The van der Waals surface area contributed by atoms with Crippen LogP contribution in [0.1, 0.15) is 21.5 Å². The van der Waals surface area contributed by atoms with E-state index in [2.05, 4.69) is 15.8 Å². The minimum atomic E-state index is -0.945. The monoisotopic (exact) mass is 435 g/mol. The molecule has 0 aliphatic heterocycles. The summed E-state index contributed by atoms with van der Waals surface area (Å²) in [6.07, 6.45) is 1.35. The Morgan fingerprint density at radius 2 is 1.58 bits per heavy atom. The van der Waals surface area contributed by atoms with E-state index in [1.807, 2.05) is 19.1 Å². The van der Waals surface area contributed by atoms with Crippen LogP contribution in [0.15, 0.2) is 77.9 Å². The van der Waals surface area contributed by atoms with Crippen LogP contribution in [0.25, 0.3) is 0 Å². The second kappa shape index (κ2) is 10.2. The van der Waals surface area contributed by atoms with Crippen molar-refractivity contribution in [3.05, 3.63) is 94.5 Å². The molecule has 0 heterocycles. The van der Waals surface area contributed by atoms with Gasteiger partial charge in [0.1, 0.15) is 5.75 Å². The molecule has 2 N–H and O–H groups in total. The molecule has 0 atom stereocenters. The van der Waals surface area contributed by atoms with E-state index in [0.717, 1.165) is 5.56 Å². The normalized spacial score (nSPS) is 10.5. The molecule has 0 unspecified atom stereocenters. The fourth-order valence-electron chi connectivity index (χ4n) is 2.44. The minimum Gasteiger partial charge on any atom is -0.423 e. The number of carbonyl (C=O) groups is 3. The summed E-state index contributed by atoms with van der Waals surface area (Å²) in [5.74, 6) is -1.94. The average Bonchev–Trinajstić information content (AvgIpc) is 2.77. The second-order valence-corrected chi connectivity index (χ2v) is 6.86. The van der Waals surface area contributed by atoms with Crippen LogP contribution in [0.4, 0.5) is 5.69 Å². The van der Waals surface area contributed by atoms with E-state index in [4.69, 9.17) is 16.3 Å². The lowest BCUT2D eigenvalue weighted by Crippen LogP contribution is -2.32. The number of amides is 2. The van der Waals surface area contributed by atoms with Gasteiger partial charge in [-0.3, -0.25) is 9.59 Å². The highest BCUT2D eigenvalue weighted by Gasteiger charge is 2.14. The van der Waals surface area contributed by atoms with Crippen molar-refractivity contribution in [1.82, 2.24) is 5.43 Å². The molecule has 3 rings (SSSR count). The molecule has 0 aromatic heterocycles. The Morgan fingerprint density at radius 1 is 0.903 bits per heavy atom. The van der Waals surface area contributed by atoms with E-state index in [9.17, 15) is 14.4 Å². The molecule has 8 heteroatoms. The summed E-state index contributed by atoms with van der Waals surface area (Å²) in [5, 5.41) is 6.46. The average molecular weight is 436 g/mol. The van der Waals surface area contributed by atoms with Crippen molar-refractivity contribution in [3.8, 4) is 5.75 Å². The number of halogens is 1. The number of carbonyl (C=O) groups excluding carboxylic acids is 3. The third-order valence-electron chi connectivity index (χ3n) is 4.09. The fourth-order valence-corrected chi connectivity index (χ4v) is 2.62. The summed E-state index contributed by atoms with van der Waals surface area (Å²) >= 11 is 5.94. The first-order valence-electron chi connectivity index (χ1n) is 9.20. The molecule has 0 aliphatic rings. The number of nitrogens with one attached hydrogen (secondary N) is 2. The Bertz CT molecular complexity index is 1130. The van der Waals surface area contributed by atoms with Gasteiger partial charge in [-0.05, 0) is 61.0 Å². The van der Waals surface area contributed by atoms with Crippen molar-refractivity contribution in [1.29, 1.82) is 0 Å². The van der Waals surface area contributed by atoms with Crippen LogP contribution in [-0.4, -0.2) is 24.0 Å². The molecule has 0 radical (unpaired) electrons. The van der Waals surface area contributed by atoms with E-state index in [0.29, 0.717) is 27.6 Å². The first-order chi connectivity index (χ1) is 14.9. The number of esters is 1. The SMILES string of the molecule is Cc1ccc(C(=O)Oc2ccc(/C=N\NC(=O)C(=O)Nc3ccccc3Cl)cc2)cc1. The van der Waals surface area contributed by atoms with Crippen molar-refractivity contribution in [2.75, 3.05) is 5.32 Å². The largest absolute Gasteiger partial charge is 0.423 e. The predicted molar refractivity (Wildman–Crippen MR) is 118 cm³/mol. The molecule has 0 aliphatic carbocycles. The lowest BCUT2D eigenvalue weighted by atomic mass is 10.1. The fraction of sp³-hybridized carbons (Fsp3) is 0.0435. The zero-order valence-electron chi connectivity index (χ0n) is 16.5. The highest BCUT2D eigenvalue weighted by Crippen LogP contribution is 2.20. The number of hydrogen-bond acceptors (Lipinski definition) is 5. The topological polar surface area (TPSA) is 96.9 Å². The summed E-state index contributed by atoms with van der Waals surface area (Å²) in [6, 6.07) is 20.1. The maximum atomic E-state index is 12.1. The first kappa shape index (κ1) is 21.7. The molecule has 0 fully saturated rings. The van der Waals surface area contributed by atoms with E-state index >= 15 is 0 Å². The molecule has 0 bridgehead atoms. The summed E-state index contributed by atoms with van der Waals surface area (Å²) < 4.78 is 5.32. The molecule has 2 amide bonds. The summed E-state index contributed by atoms with van der Waals surface area (Å²) in [5.41, 5.74) is 4.59. The van der Waals surface area contributed by atoms with Crippen molar-refractivity contribution >= 4 is 41.3 Å². The predicted octanol–water partition coefficient (Wildman–Crippen LogP) is 3.96. The molecule has 0 saturated carbocycles. The number of ether oxygens (including phenoxy) is 1. The number of nitrogens with zero attached hydrogens (tertiary/aromatic N) is 1. The Balaban J connectivity index is 1.51. The number of anilines is 1. The van der Waals surface area contributed by atoms with Crippen LogP contribution < -0.4 is 15.5 Å². The van der Waals surface area contributed by atoms with Gasteiger partial charge in [0.15, 0.2) is 0 Å². The number of hydrogen-bond donors (Lipinski definition) is 2. The van der Waals surface area contributed by atoms with Crippen molar-refractivity contribution in [2.24, 2.45) is 5.10 Å². The Kier molecular flexibility index (Phi) is 7.13. The lowest BCUT2D eigenvalue weighted by Gasteiger charge is -2.05. The van der Waals surface area contributed by atoms with Gasteiger partial charge in [-0.15, -0.1) is 0 Å². The van der Waals surface area contributed by atoms with E-state index in [-0.39, 0.29) is 0 Å². The van der Waals surface area contributed by atoms with Crippen LogP contribution in [0, 0.1) is 6.92 Å². The van der Waals surface area contributed by atoms with Gasteiger partial charge < -0.3 is 10.1 Å². The molecular formula is C23H18ClN3O4. The molecule has 3 aromatic rings. The highest BCUT2D eigenvalue weighted by molar-refractivity contribution is 6.41. The van der Waals surface area contributed by atoms with Gasteiger partial charge in [0, 0.05) is 0 Å². The van der Waals surface area contributed by atoms with E-state index in [1.165, 1.54) is 6.21 Å². The van der Waals surface area contributed by atoms with E-state index in [1.54, 1.807) is 60.7 Å². The van der Waals surface area contributed by atoms with Gasteiger partial charge in [-0.25, -0.2) is 10.2 Å². The standard InChI is InChI=1S/C23H18ClN3O4/c1-15-6-10-17(11-7-15)23(30)31-18-12-8-16(9-13-18)14-25-27-22(29)21(28)26-20-5-3-2-4-19(20)24/h2-14H,1H3,(H,26,28)(H,27,29)/b25-14-. The molecule has 31 heavy (non-hydrogen) atoms. The lowest BCUT2D eigenvalue weighted by molar-refractivity contribution is -0.136. The van der Waals surface area contributed by atoms with Crippen LogP contribution in [0.2, 0.25) is 5.02 Å². The Labute approximate surface area is 183 Å². The van der Waals surface area contributed by atoms with Crippen molar-refractivity contribution < 1.29 is 19.1 Å². The molecule has 0 saturated heterocycles. The van der Waals surface area contributed by atoms with Gasteiger partial charge in [0.2, 0.25) is 0 Å². The van der Waals surface area contributed by atoms with Gasteiger partial charge >= 0.3 is 17.8 Å². The summed E-state index contributed by atoms with van der Waals surface area (Å²) in [4.78, 5) is 35.9. The van der Waals surface area contributed by atoms with Crippen LogP contribution >= 0.6 is 11.6 Å². The summed E-state index contributed by atoms with van der Waals surface area (Å²) in [7, 11) is 0. The number of rotatable bonds is 5. The third-order valence-corrected chi connectivity index (χ3v) is 4.42. The molecule has 3 aromatic carbocycles. The quantitative estimate of drug-likeness (QED) is 0.208. The van der Waals surface area contributed by atoms with Gasteiger partial charge in [-0.1, -0.05) is 41.4 Å². The zero-order chi connectivity index (χ0) is 22.2. The highest BCUT2D eigenvalue weighted by atomic mass is 35.5. The zero-order valence-corrected chi connectivity index (χ0v) is 17.2. The van der Waals surface area contributed by atoms with Crippen molar-refractivity contribution in [3.63, 3.8) is 0 Å². The van der Waals surface area contributed by atoms with Crippen LogP contribution in [0.5, 0.6) is 5.75 Å². The maximum absolute atomic E-state index is 12.1. The maximum Gasteiger partial charge on any atom is 0.343 e. The van der Waals surface area contributed by atoms with Crippen LogP contribution in [0.3, 0.4) is 0 Å². The van der Waals surface area contributed by atoms with Gasteiger partial charge in [0.05, 0.1) is 22.5 Å². The Hall–Kier alpha value is -3.97. The number of para-hydroxylation sites is 1. The molecule has 0 spiro atoms. The molecule has 156 valence electrons. The van der Waals surface area contributed by atoms with Gasteiger partial charge in [-0.2, -0.15) is 5.10 Å². The van der Waals surface area contributed by atoms with Gasteiger partial charge in [0.25, 0.3) is 0 Å². The smallest absolute Gasteiger partial charge is 0.343 e.